The van der Waals surface area contributed by atoms with Gasteiger partial charge in [-0.15, -0.1) is 0 Å². The lowest BCUT2D eigenvalue weighted by Gasteiger charge is -2.12. The van der Waals surface area contributed by atoms with E-state index in [1.807, 2.05) is 42.5 Å². The van der Waals surface area contributed by atoms with Gasteiger partial charge in [0.15, 0.2) is 0 Å². The molecule has 0 aliphatic heterocycles. The second-order valence-electron chi connectivity index (χ2n) is 3.57. The lowest BCUT2D eigenvalue weighted by Crippen LogP contribution is -2.16. The molecule has 0 aliphatic carbocycles. The first-order chi connectivity index (χ1) is 7.24. The summed E-state index contributed by atoms with van der Waals surface area (Å²) in [6.45, 7) is 2.11. The minimum atomic E-state index is -0.412. The molecule has 0 radical (unpaired) electrons. The minimum Gasteiger partial charge on any atom is -0.388 e. The molecule has 2 heteroatoms. The Morgan fingerprint density at radius 3 is 2.60 bits per heavy atom. The smallest absolute Gasteiger partial charge is 0.0849 e. The number of aliphatic hydroxyl groups excluding tert-OH is 1. The quantitative estimate of drug-likeness (QED) is 0.809. The predicted molar refractivity (Wildman–Crippen MR) is 69.1 cm³/mol. The molecular formula is C13H17BrO. The largest absolute Gasteiger partial charge is 0.388 e. The number of benzene rings is 1. The molecule has 1 N–H and O–H groups in total. The number of rotatable bonds is 5. The molecule has 0 aliphatic rings. The van der Waals surface area contributed by atoms with Gasteiger partial charge in [-0.25, -0.2) is 0 Å². The second kappa shape index (κ2) is 6.81. The molecule has 1 rings (SSSR count). The molecule has 1 aromatic carbocycles. The van der Waals surface area contributed by atoms with Gasteiger partial charge in [0.1, 0.15) is 0 Å². The molecule has 15 heavy (non-hydrogen) atoms. The highest BCUT2D eigenvalue weighted by Crippen LogP contribution is 2.14. The predicted octanol–water partition coefficient (Wildman–Crippen LogP) is 3.62. The zero-order valence-corrected chi connectivity index (χ0v) is 10.5. The van der Waals surface area contributed by atoms with Gasteiger partial charge in [0, 0.05) is 4.83 Å². The Morgan fingerprint density at radius 1 is 1.33 bits per heavy atom. The van der Waals surface area contributed by atoms with Crippen LogP contribution < -0.4 is 0 Å². The Hall–Kier alpha value is -0.600. The molecule has 0 heterocycles. The Labute approximate surface area is 100.0 Å². The van der Waals surface area contributed by atoms with Crippen LogP contribution in [0.3, 0.4) is 0 Å². The molecular weight excluding hydrogens is 252 g/mol. The molecule has 1 nitrogen and oxygen atoms in total. The van der Waals surface area contributed by atoms with E-state index in [1.54, 1.807) is 0 Å². The van der Waals surface area contributed by atoms with E-state index in [0.29, 0.717) is 0 Å². The third kappa shape index (κ3) is 4.63. The SMILES string of the molecule is CCC[C@H](Br)[C@H](O)/C=C/c1ccccc1. The average Bonchev–Trinajstić information content (AvgIpc) is 2.27. The van der Waals surface area contributed by atoms with Crippen LogP contribution in [0.5, 0.6) is 0 Å². The van der Waals surface area contributed by atoms with Crippen LogP contribution in [0.1, 0.15) is 25.3 Å². The Bertz CT molecular complexity index is 295. The molecule has 1 aromatic rings. The van der Waals surface area contributed by atoms with Crippen molar-refractivity contribution in [3.05, 3.63) is 42.0 Å². The van der Waals surface area contributed by atoms with E-state index < -0.39 is 6.10 Å². The van der Waals surface area contributed by atoms with Crippen LogP contribution in [0, 0.1) is 0 Å². The molecule has 0 saturated heterocycles. The maximum absolute atomic E-state index is 9.78. The van der Waals surface area contributed by atoms with Crippen LogP contribution >= 0.6 is 15.9 Å². The van der Waals surface area contributed by atoms with Gasteiger partial charge in [-0.3, -0.25) is 0 Å². The monoisotopic (exact) mass is 268 g/mol. The summed E-state index contributed by atoms with van der Waals surface area (Å²) in [6.07, 6.45) is 5.44. The van der Waals surface area contributed by atoms with Gasteiger partial charge < -0.3 is 5.11 Å². The molecule has 0 aromatic heterocycles. The molecule has 0 amide bonds. The van der Waals surface area contributed by atoms with Crippen LogP contribution in [0.4, 0.5) is 0 Å². The zero-order valence-electron chi connectivity index (χ0n) is 8.94. The van der Waals surface area contributed by atoms with Crippen LogP contribution in [0.25, 0.3) is 6.08 Å². The summed E-state index contributed by atoms with van der Waals surface area (Å²) in [4.78, 5) is 0.155. The Kier molecular flexibility index (Phi) is 5.66. The number of hydrogen-bond donors (Lipinski definition) is 1. The summed E-state index contributed by atoms with van der Waals surface area (Å²) >= 11 is 3.48. The fraction of sp³-hybridized carbons (Fsp3) is 0.385. The normalized spacial score (nSPS) is 15.4. The summed E-state index contributed by atoms with van der Waals surface area (Å²) in [6, 6.07) is 10.0. The topological polar surface area (TPSA) is 20.2 Å². The number of alkyl halides is 1. The first kappa shape index (κ1) is 12.5. The van der Waals surface area contributed by atoms with Crippen molar-refractivity contribution in [2.45, 2.75) is 30.7 Å². The molecule has 82 valence electrons. The molecule has 0 fully saturated rings. The first-order valence-electron chi connectivity index (χ1n) is 5.29. The molecule has 0 unspecified atom stereocenters. The molecule has 0 bridgehead atoms. The highest BCUT2D eigenvalue weighted by molar-refractivity contribution is 9.09. The third-order valence-corrected chi connectivity index (χ3v) is 3.22. The second-order valence-corrected chi connectivity index (χ2v) is 4.74. The summed E-state index contributed by atoms with van der Waals surface area (Å²) in [7, 11) is 0. The Balaban J connectivity index is 2.50. The van der Waals surface area contributed by atoms with Crippen molar-refractivity contribution in [3.63, 3.8) is 0 Å². The van der Waals surface area contributed by atoms with Crippen molar-refractivity contribution >= 4 is 22.0 Å². The summed E-state index contributed by atoms with van der Waals surface area (Å²) in [5.41, 5.74) is 1.12. The fourth-order valence-electron chi connectivity index (χ4n) is 1.34. The van der Waals surface area contributed by atoms with Crippen LogP contribution in [-0.2, 0) is 0 Å². The van der Waals surface area contributed by atoms with E-state index in [0.717, 1.165) is 18.4 Å². The highest BCUT2D eigenvalue weighted by Gasteiger charge is 2.10. The van der Waals surface area contributed by atoms with E-state index in [2.05, 4.69) is 22.9 Å². The Morgan fingerprint density at radius 2 is 2.00 bits per heavy atom. The van der Waals surface area contributed by atoms with Gasteiger partial charge in [0.05, 0.1) is 6.10 Å². The molecule has 0 saturated carbocycles. The van der Waals surface area contributed by atoms with Crippen molar-refractivity contribution in [1.82, 2.24) is 0 Å². The summed E-state index contributed by atoms with van der Waals surface area (Å²) < 4.78 is 0. The maximum Gasteiger partial charge on any atom is 0.0849 e. The number of aliphatic hydroxyl groups is 1. The van der Waals surface area contributed by atoms with E-state index in [9.17, 15) is 5.11 Å². The number of hydrogen-bond acceptors (Lipinski definition) is 1. The van der Waals surface area contributed by atoms with Crippen molar-refractivity contribution in [1.29, 1.82) is 0 Å². The van der Waals surface area contributed by atoms with E-state index in [-0.39, 0.29) is 4.83 Å². The number of halogens is 1. The molecule has 2 atom stereocenters. The third-order valence-electron chi connectivity index (χ3n) is 2.22. The van der Waals surface area contributed by atoms with Crippen LogP contribution in [0.15, 0.2) is 36.4 Å². The van der Waals surface area contributed by atoms with Crippen molar-refractivity contribution in [3.8, 4) is 0 Å². The van der Waals surface area contributed by atoms with E-state index in [4.69, 9.17) is 0 Å². The maximum atomic E-state index is 9.78. The lowest BCUT2D eigenvalue weighted by molar-refractivity contribution is 0.218. The van der Waals surface area contributed by atoms with Crippen LogP contribution in [-0.4, -0.2) is 16.0 Å². The van der Waals surface area contributed by atoms with Gasteiger partial charge in [-0.2, -0.15) is 0 Å². The van der Waals surface area contributed by atoms with Crippen LogP contribution in [0.2, 0.25) is 0 Å². The first-order valence-corrected chi connectivity index (χ1v) is 6.21. The van der Waals surface area contributed by atoms with Gasteiger partial charge in [-0.1, -0.05) is 71.8 Å². The van der Waals surface area contributed by atoms with Gasteiger partial charge in [0.2, 0.25) is 0 Å². The molecule has 0 spiro atoms. The van der Waals surface area contributed by atoms with Crippen molar-refractivity contribution < 1.29 is 5.11 Å². The van der Waals surface area contributed by atoms with Gasteiger partial charge in [0.25, 0.3) is 0 Å². The highest BCUT2D eigenvalue weighted by atomic mass is 79.9. The van der Waals surface area contributed by atoms with Crippen molar-refractivity contribution in [2.24, 2.45) is 0 Å². The minimum absolute atomic E-state index is 0.155. The zero-order chi connectivity index (χ0) is 11.1. The van der Waals surface area contributed by atoms with E-state index in [1.165, 1.54) is 0 Å². The lowest BCUT2D eigenvalue weighted by atomic mass is 10.1. The van der Waals surface area contributed by atoms with Crippen molar-refractivity contribution in [2.75, 3.05) is 0 Å². The van der Waals surface area contributed by atoms with Gasteiger partial charge >= 0.3 is 0 Å². The standard InChI is InChI=1S/C13H17BrO/c1-2-6-12(14)13(15)10-9-11-7-4-3-5-8-11/h3-5,7-10,12-13,15H,2,6H2,1H3/b10-9+/t12-,13+/m0/s1. The summed E-state index contributed by atoms with van der Waals surface area (Å²) in [5.74, 6) is 0. The van der Waals surface area contributed by atoms with Gasteiger partial charge in [-0.05, 0) is 12.0 Å². The fourth-order valence-corrected chi connectivity index (χ4v) is 1.98. The average molecular weight is 269 g/mol. The van der Waals surface area contributed by atoms with E-state index >= 15 is 0 Å². The summed E-state index contributed by atoms with van der Waals surface area (Å²) in [5, 5.41) is 9.78.